The molecule has 114 valence electrons. The van der Waals surface area contributed by atoms with Gasteiger partial charge in [-0.05, 0) is 25.0 Å². The fraction of sp³-hybridized carbons (Fsp3) is 0.400. The van der Waals surface area contributed by atoms with E-state index in [4.69, 9.17) is 10.2 Å². The van der Waals surface area contributed by atoms with E-state index < -0.39 is 0 Å². The number of furan rings is 1. The van der Waals surface area contributed by atoms with E-state index in [1.54, 1.807) is 16.8 Å². The molecule has 0 aromatic carbocycles. The lowest BCUT2D eigenvalue weighted by atomic mass is 10.2. The summed E-state index contributed by atoms with van der Waals surface area (Å²) < 4.78 is 6.89. The second-order valence-corrected chi connectivity index (χ2v) is 5.56. The normalized spacial score (nSPS) is 16.1. The van der Waals surface area contributed by atoms with Gasteiger partial charge in [-0.15, -0.1) is 5.10 Å². The van der Waals surface area contributed by atoms with Gasteiger partial charge in [-0.1, -0.05) is 12.8 Å². The molecule has 1 saturated heterocycles. The first-order valence-electron chi connectivity index (χ1n) is 7.63. The first-order chi connectivity index (χ1) is 10.8. The zero-order valence-corrected chi connectivity index (χ0v) is 12.3. The maximum atomic E-state index is 6.13. The fourth-order valence-electron chi connectivity index (χ4n) is 2.85. The van der Waals surface area contributed by atoms with Gasteiger partial charge in [0.25, 0.3) is 5.78 Å². The van der Waals surface area contributed by atoms with Crippen LogP contribution in [0.15, 0.2) is 28.9 Å². The molecule has 0 amide bonds. The van der Waals surface area contributed by atoms with Gasteiger partial charge in [-0.25, -0.2) is 0 Å². The van der Waals surface area contributed by atoms with E-state index in [2.05, 4.69) is 20.0 Å². The molecule has 0 bridgehead atoms. The highest BCUT2D eigenvalue weighted by Crippen LogP contribution is 2.22. The van der Waals surface area contributed by atoms with Gasteiger partial charge in [-0.3, -0.25) is 0 Å². The van der Waals surface area contributed by atoms with Crippen molar-refractivity contribution < 1.29 is 4.42 Å². The third-order valence-corrected chi connectivity index (χ3v) is 4.00. The van der Waals surface area contributed by atoms with Crippen molar-refractivity contribution in [3.63, 3.8) is 0 Å². The molecule has 7 heteroatoms. The molecule has 1 aliphatic heterocycles. The molecule has 0 spiro atoms. The van der Waals surface area contributed by atoms with Crippen molar-refractivity contribution in [3.05, 3.63) is 24.5 Å². The van der Waals surface area contributed by atoms with E-state index in [-0.39, 0.29) is 0 Å². The molecule has 7 nitrogen and oxygen atoms in total. The van der Waals surface area contributed by atoms with Crippen molar-refractivity contribution in [1.82, 2.24) is 19.6 Å². The van der Waals surface area contributed by atoms with Gasteiger partial charge in [0.15, 0.2) is 5.76 Å². The quantitative estimate of drug-likeness (QED) is 0.781. The molecule has 2 N–H and O–H groups in total. The smallest absolute Gasteiger partial charge is 0.256 e. The molecule has 22 heavy (non-hydrogen) atoms. The van der Waals surface area contributed by atoms with Crippen molar-refractivity contribution in [2.75, 3.05) is 23.7 Å². The summed E-state index contributed by atoms with van der Waals surface area (Å²) in [4.78, 5) is 11.3. The Labute approximate surface area is 127 Å². The molecule has 1 fully saturated rings. The van der Waals surface area contributed by atoms with Crippen molar-refractivity contribution in [1.29, 1.82) is 0 Å². The van der Waals surface area contributed by atoms with Crippen LogP contribution in [0.3, 0.4) is 0 Å². The number of fused-ring (bicyclic) bond motifs is 1. The number of aromatic nitrogens is 4. The first-order valence-corrected chi connectivity index (χ1v) is 7.63. The van der Waals surface area contributed by atoms with Gasteiger partial charge >= 0.3 is 0 Å². The standard InChI is InChI=1S/C15H18N6O/c16-12-10-13(20-7-3-1-2-4-8-20)17-15-18-14(19-21(12)15)11-6-5-9-22-11/h5-6,9-10H,1-4,7-8,16H2. The number of hydrogen-bond acceptors (Lipinski definition) is 6. The Morgan fingerprint density at radius 3 is 2.64 bits per heavy atom. The number of nitrogen functional groups attached to an aromatic ring is 1. The molecule has 3 aromatic rings. The molecule has 0 radical (unpaired) electrons. The van der Waals surface area contributed by atoms with Crippen LogP contribution in [-0.2, 0) is 0 Å². The highest BCUT2D eigenvalue weighted by atomic mass is 16.3. The summed E-state index contributed by atoms with van der Waals surface area (Å²) >= 11 is 0. The van der Waals surface area contributed by atoms with Crippen molar-refractivity contribution in [3.8, 4) is 11.6 Å². The van der Waals surface area contributed by atoms with E-state index in [1.807, 2.05) is 12.1 Å². The predicted molar refractivity (Wildman–Crippen MR) is 83.6 cm³/mol. The molecular weight excluding hydrogens is 280 g/mol. The summed E-state index contributed by atoms with van der Waals surface area (Å²) in [5.74, 6) is 3.03. The lowest BCUT2D eigenvalue weighted by molar-refractivity contribution is 0.577. The predicted octanol–water partition coefficient (Wildman–Crippen LogP) is 2.35. The van der Waals surface area contributed by atoms with E-state index in [1.165, 1.54) is 25.7 Å². The number of hydrogen-bond donors (Lipinski definition) is 1. The molecule has 0 atom stereocenters. The zero-order chi connectivity index (χ0) is 14.9. The van der Waals surface area contributed by atoms with Crippen LogP contribution in [0, 0.1) is 0 Å². The average molecular weight is 298 g/mol. The summed E-state index contributed by atoms with van der Waals surface area (Å²) in [5.41, 5.74) is 6.13. The number of anilines is 2. The Bertz CT molecular complexity index is 771. The van der Waals surface area contributed by atoms with Gasteiger partial charge in [-0.2, -0.15) is 14.5 Å². The van der Waals surface area contributed by atoms with E-state index in [0.29, 0.717) is 23.2 Å². The van der Waals surface area contributed by atoms with Crippen LogP contribution >= 0.6 is 0 Å². The monoisotopic (exact) mass is 298 g/mol. The summed E-state index contributed by atoms with van der Waals surface area (Å²) in [6.07, 6.45) is 6.54. The molecule has 1 aliphatic rings. The van der Waals surface area contributed by atoms with E-state index in [9.17, 15) is 0 Å². The Morgan fingerprint density at radius 2 is 1.91 bits per heavy atom. The third-order valence-electron chi connectivity index (χ3n) is 4.00. The van der Waals surface area contributed by atoms with Crippen molar-refractivity contribution in [2.24, 2.45) is 0 Å². The van der Waals surface area contributed by atoms with Crippen molar-refractivity contribution in [2.45, 2.75) is 25.7 Å². The lowest BCUT2D eigenvalue weighted by Crippen LogP contribution is -2.25. The lowest BCUT2D eigenvalue weighted by Gasteiger charge is -2.21. The summed E-state index contributed by atoms with van der Waals surface area (Å²) in [6, 6.07) is 5.50. The van der Waals surface area contributed by atoms with Crippen molar-refractivity contribution >= 4 is 17.4 Å². The fourth-order valence-corrected chi connectivity index (χ4v) is 2.85. The number of rotatable bonds is 2. The van der Waals surface area contributed by atoms with Crippen LogP contribution < -0.4 is 10.6 Å². The maximum absolute atomic E-state index is 6.13. The molecular formula is C15H18N6O. The Balaban J connectivity index is 1.75. The van der Waals surface area contributed by atoms with Crippen LogP contribution in [-0.4, -0.2) is 32.7 Å². The highest BCUT2D eigenvalue weighted by molar-refractivity contribution is 5.57. The zero-order valence-electron chi connectivity index (χ0n) is 12.3. The Morgan fingerprint density at radius 1 is 1.09 bits per heavy atom. The average Bonchev–Trinajstić information content (AvgIpc) is 3.11. The van der Waals surface area contributed by atoms with Gasteiger partial charge in [0, 0.05) is 19.2 Å². The maximum Gasteiger partial charge on any atom is 0.256 e. The Kier molecular flexibility index (Phi) is 3.17. The molecule has 4 heterocycles. The van der Waals surface area contributed by atoms with Crippen LogP contribution in [0.4, 0.5) is 11.6 Å². The Hall–Kier alpha value is -2.57. The second kappa shape index (κ2) is 5.32. The second-order valence-electron chi connectivity index (χ2n) is 5.56. The number of nitrogens with zero attached hydrogens (tertiary/aromatic N) is 5. The molecule has 0 saturated carbocycles. The highest BCUT2D eigenvalue weighted by Gasteiger charge is 2.16. The minimum atomic E-state index is 0.497. The van der Waals surface area contributed by atoms with E-state index in [0.717, 1.165) is 18.9 Å². The molecule has 0 aliphatic carbocycles. The van der Waals surface area contributed by atoms with Gasteiger partial charge in [0.05, 0.1) is 6.26 Å². The molecule has 4 rings (SSSR count). The summed E-state index contributed by atoms with van der Waals surface area (Å²) in [7, 11) is 0. The minimum absolute atomic E-state index is 0.497. The van der Waals surface area contributed by atoms with Gasteiger partial charge in [0.2, 0.25) is 5.82 Å². The minimum Gasteiger partial charge on any atom is -0.461 e. The topological polar surface area (TPSA) is 85.5 Å². The molecule has 0 unspecified atom stereocenters. The molecule has 3 aromatic heterocycles. The third kappa shape index (κ3) is 2.28. The largest absolute Gasteiger partial charge is 0.461 e. The van der Waals surface area contributed by atoms with Crippen LogP contribution in [0.25, 0.3) is 17.4 Å². The SMILES string of the molecule is Nc1cc(N2CCCCCC2)nc2nc(-c3ccco3)nn12. The van der Waals surface area contributed by atoms with Crippen LogP contribution in [0.5, 0.6) is 0 Å². The van der Waals surface area contributed by atoms with Gasteiger partial charge < -0.3 is 15.1 Å². The van der Waals surface area contributed by atoms with Gasteiger partial charge in [0.1, 0.15) is 11.6 Å². The van der Waals surface area contributed by atoms with Crippen LogP contribution in [0.2, 0.25) is 0 Å². The van der Waals surface area contributed by atoms with E-state index >= 15 is 0 Å². The summed E-state index contributed by atoms with van der Waals surface area (Å²) in [5, 5.41) is 4.37. The van der Waals surface area contributed by atoms with Crippen LogP contribution in [0.1, 0.15) is 25.7 Å². The first kappa shape index (κ1) is 13.1. The number of nitrogens with two attached hydrogens (primary N) is 1. The summed E-state index contributed by atoms with van der Waals surface area (Å²) in [6.45, 7) is 2.03.